The Kier molecular flexibility index (Phi) is 5.77. The lowest BCUT2D eigenvalue weighted by atomic mass is 10.0. The van der Waals surface area contributed by atoms with Gasteiger partial charge in [0.2, 0.25) is 0 Å². The largest absolute Gasteiger partial charge is 0.465 e. The van der Waals surface area contributed by atoms with Gasteiger partial charge in [-0.2, -0.15) is 0 Å². The van der Waals surface area contributed by atoms with Crippen molar-refractivity contribution >= 4 is 28.5 Å². The first-order valence-corrected chi connectivity index (χ1v) is 10.6. The van der Waals surface area contributed by atoms with Crippen LogP contribution in [-0.2, 0) is 6.54 Å². The Morgan fingerprint density at radius 3 is 2.53 bits per heavy atom. The number of nitrogens with zero attached hydrogens (tertiary/aromatic N) is 4. The van der Waals surface area contributed by atoms with Crippen molar-refractivity contribution in [3.63, 3.8) is 0 Å². The molecule has 5 rings (SSSR count). The third kappa shape index (κ3) is 4.51. The average Bonchev–Trinajstić information content (AvgIpc) is 2.87. The third-order valence-electron chi connectivity index (χ3n) is 5.22. The standard InChI is InChI=1S/C26H20N6O2/c33-26(34)30-20-13-18(14-27-15-20)24-31-22-11-6-10-21(17-7-2-1-3-8-17)23(22)25(32-24)29-16-19-9-4-5-12-28-19/h1-15,30H,16H2,(H,33,34)(H,29,31,32). The van der Waals surface area contributed by atoms with Crippen molar-refractivity contribution in [2.75, 3.05) is 10.6 Å². The molecule has 0 spiro atoms. The highest BCUT2D eigenvalue weighted by molar-refractivity contribution is 6.02. The zero-order valence-corrected chi connectivity index (χ0v) is 18.0. The Morgan fingerprint density at radius 2 is 1.74 bits per heavy atom. The van der Waals surface area contributed by atoms with Gasteiger partial charge < -0.3 is 10.4 Å². The molecule has 0 fully saturated rings. The van der Waals surface area contributed by atoms with Crippen LogP contribution >= 0.6 is 0 Å². The minimum Gasteiger partial charge on any atom is -0.465 e. The van der Waals surface area contributed by atoms with Gasteiger partial charge in [-0.3, -0.25) is 15.3 Å². The van der Waals surface area contributed by atoms with Crippen molar-refractivity contribution in [3.8, 4) is 22.5 Å². The Labute approximate surface area is 195 Å². The van der Waals surface area contributed by atoms with Crippen LogP contribution in [0.25, 0.3) is 33.4 Å². The van der Waals surface area contributed by atoms with E-state index in [0.717, 1.165) is 27.7 Å². The minimum absolute atomic E-state index is 0.342. The normalized spacial score (nSPS) is 10.7. The summed E-state index contributed by atoms with van der Waals surface area (Å²) in [7, 11) is 0. The molecule has 5 aromatic rings. The van der Waals surface area contributed by atoms with Crippen molar-refractivity contribution in [3.05, 3.63) is 97.1 Å². The summed E-state index contributed by atoms with van der Waals surface area (Å²) in [5, 5.41) is 15.7. The molecule has 1 amide bonds. The molecule has 0 aliphatic carbocycles. The monoisotopic (exact) mass is 448 g/mol. The van der Waals surface area contributed by atoms with E-state index >= 15 is 0 Å². The molecule has 0 unspecified atom stereocenters. The van der Waals surface area contributed by atoms with Crippen LogP contribution in [0.4, 0.5) is 16.3 Å². The van der Waals surface area contributed by atoms with Gasteiger partial charge in [-0.25, -0.2) is 14.8 Å². The highest BCUT2D eigenvalue weighted by atomic mass is 16.4. The van der Waals surface area contributed by atoms with Gasteiger partial charge in [0.25, 0.3) is 0 Å². The number of carbonyl (C=O) groups is 1. The fraction of sp³-hybridized carbons (Fsp3) is 0.0385. The summed E-state index contributed by atoms with van der Waals surface area (Å²) in [6.45, 7) is 0.481. The zero-order chi connectivity index (χ0) is 23.3. The van der Waals surface area contributed by atoms with Crippen LogP contribution in [0.3, 0.4) is 0 Å². The van der Waals surface area contributed by atoms with E-state index in [2.05, 4.69) is 32.7 Å². The maximum atomic E-state index is 11.1. The number of rotatable bonds is 6. The molecule has 3 heterocycles. The summed E-state index contributed by atoms with van der Waals surface area (Å²) < 4.78 is 0. The summed E-state index contributed by atoms with van der Waals surface area (Å²) >= 11 is 0. The summed E-state index contributed by atoms with van der Waals surface area (Å²) in [4.78, 5) is 29.2. The molecule has 0 bridgehead atoms. The lowest BCUT2D eigenvalue weighted by molar-refractivity contribution is 0.209. The van der Waals surface area contributed by atoms with Crippen LogP contribution in [-0.4, -0.2) is 31.1 Å². The fourth-order valence-corrected chi connectivity index (χ4v) is 3.73. The van der Waals surface area contributed by atoms with E-state index in [4.69, 9.17) is 15.1 Å². The second kappa shape index (κ2) is 9.33. The first-order valence-electron chi connectivity index (χ1n) is 10.6. The molecule has 0 saturated carbocycles. The smallest absolute Gasteiger partial charge is 0.409 e. The third-order valence-corrected chi connectivity index (χ3v) is 5.22. The molecule has 8 heteroatoms. The second-order valence-electron chi connectivity index (χ2n) is 7.53. The van der Waals surface area contributed by atoms with Crippen LogP contribution in [0.2, 0.25) is 0 Å². The molecule has 8 nitrogen and oxygen atoms in total. The number of benzene rings is 2. The average molecular weight is 448 g/mol. The van der Waals surface area contributed by atoms with Crippen LogP contribution in [0.5, 0.6) is 0 Å². The molecule has 3 N–H and O–H groups in total. The maximum Gasteiger partial charge on any atom is 0.409 e. The molecule has 0 saturated heterocycles. The topological polar surface area (TPSA) is 113 Å². The van der Waals surface area contributed by atoms with E-state index in [9.17, 15) is 4.79 Å². The first kappa shape index (κ1) is 21.0. The number of fused-ring (bicyclic) bond motifs is 1. The molecule has 0 radical (unpaired) electrons. The second-order valence-corrected chi connectivity index (χ2v) is 7.53. The lowest BCUT2D eigenvalue weighted by Crippen LogP contribution is -2.08. The van der Waals surface area contributed by atoms with Gasteiger partial charge in [0.15, 0.2) is 5.82 Å². The molecule has 0 aliphatic heterocycles. The Balaban J connectivity index is 1.65. The van der Waals surface area contributed by atoms with Crippen molar-refractivity contribution in [1.29, 1.82) is 0 Å². The van der Waals surface area contributed by atoms with Crippen molar-refractivity contribution in [2.45, 2.75) is 6.54 Å². The highest BCUT2D eigenvalue weighted by Crippen LogP contribution is 2.34. The van der Waals surface area contributed by atoms with E-state index in [1.165, 1.54) is 6.20 Å². The van der Waals surface area contributed by atoms with E-state index in [0.29, 0.717) is 29.4 Å². The van der Waals surface area contributed by atoms with Gasteiger partial charge in [-0.1, -0.05) is 48.5 Å². The van der Waals surface area contributed by atoms with E-state index in [1.54, 1.807) is 18.5 Å². The fourth-order valence-electron chi connectivity index (χ4n) is 3.73. The number of carboxylic acid groups (broad SMARTS) is 1. The van der Waals surface area contributed by atoms with Crippen molar-refractivity contribution < 1.29 is 9.90 Å². The van der Waals surface area contributed by atoms with Crippen LogP contribution in [0.1, 0.15) is 5.69 Å². The number of aromatic nitrogens is 4. The Morgan fingerprint density at radius 1 is 0.882 bits per heavy atom. The lowest BCUT2D eigenvalue weighted by Gasteiger charge is -2.14. The van der Waals surface area contributed by atoms with E-state index in [1.807, 2.05) is 54.6 Å². The summed E-state index contributed by atoms with van der Waals surface area (Å²) in [5.41, 5.74) is 4.63. The minimum atomic E-state index is -1.16. The summed E-state index contributed by atoms with van der Waals surface area (Å²) in [6.07, 6.45) is 3.64. The molecular formula is C26H20N6O2. The summed E-state index contributed by atoms with van der Waals surface area (Å²) in [6, 6.07) is 23.4. The first-order chi connectivity index (χ1) is 16.7. The number of nitrogens with one attached hydrogen (secondary N) is 2. The molecule has 0 aliphatic rings. The predicted octanol–water partition coefficient (Wildman–Crippen LogP) is 5.46. The number of pyridine rings is 2. The predicted molar refractivity (Wildman–Crippen MR) is 131 cm³/mol. The SMILES string of the molecule is O=C(O)Nc1cncc(-c2nc(NCc3ccccn3)c3c(-c4ccccc4)cccc3n2)c1. The molecule has 0 atom stereocenters. The highest BCUT2D eigenvalue weighted by Gasteiger charge is 2.15. The summed E-state index contributed by atoms with van der Waals surface area (Å²) in [5.74, 6) is 1.09. The van der Waals surface area contributed by atoms with Crippen LogP contribution in [0.15, 0.2) is 91.4 Å². The van der Waals surface area contributed by atoms with Gasteiger partial charge in [-0.05, 0) is 35.4 Å². The molecule has 2 aromatic carbocycles. The van der Waals surface area contributed by atoms with Gasteiger partial charge in [0.05, 0.1) is 35.0 Å². The number of anilines is 2. The van der Waals surface area contributed by atoms with Crippen LogP contribution < -0.4 is 10.6 Å². The van der Waals surface area contributed by atoms with Crippen LogP contribution in [0, 0.1) is 0 Å². The quantitative estimate of drug-likeness (QED) is 0.316. The number of hydrogen-bond donors (Lipinski definition) is 3. The molecular weight excluding hydrogens is 428 g/mol. The number of hydrogen-bond acceptors (Lipinski definition) is 6. The van der Waals surface area contributed by atoms with E-state index < -0.39 is 6.09 Å². The zero-order valence-electron chi connectivity index (χ0n) is 18.0. The molecule has 34 heavy (non-hydrogen) atoms. The van der Waals surface area contributed by atoms with Crippen molar-refractivity contribution in [2.24, 2.45) is 0 Å². The number of amides is 1. The van der Waals surface area contributed by atoms with Gasteiger partial charge in [0, 0.05) is 18.0 Å². The maximum absolute atomic E-state index is 11.1. The van der Waals surface area contributed by atoms with Gasteiger partial charge in [-0.15, -0.1) is 0 Å². The van der Waals surface area contributed by atoms with Crippen molar-refractivity contribution in [1.82, 2.24) is 19.9 Å². The van der Waals surface area contributed by atoms with Gasteiger partial charge in [0.1, 0.15) is 5.82 Å². The van der Waals surface area contributed by atoms with Gasteiger partial charge >= 0.3 is 6.09 Å². The Bertz CT molecular complexity index is 1460. The van der Waals surface area contributed by atoms with E-state index in [-0.39, 0.29) is 0 Å². The molecule has 166 valence electrons. The Hall–Kier alpha value is -4.85. The molecule has 3 aromatic heterocycles.